The van der Waals surface area contributed by atoms with E-state index in [0.29, 0.717) is 10.6 Å². The van der Waals surface area contributed by atoms with Crippen LogP contribution in [0.25, 0.3) is 10.1 Å². The van der Waals surface area contributed by atoms with E-state index in [2.05, 4.69) is 21.2 Å². The molecule has 1 aliphatic rings. The number of aliphatic hydroxyl groups is 1. The summed E-state index contributed by atoms with van der Waals surface area (Å²) in [6.07, 6.45) is 2.68. The lowest BCUT2D eigenvalue weighted by Crippen LogP contribution is -2.56. The van der Waals surface area contributed by atoms with Crippen molar-refractivity contribution < 1.29 is 9.90 Å². The number of hydrogen-bond acceptors (Lipinski definition) is 4. The number of carbonyl (C=O) groups is 1. The topological polar surface area (TPSA) is 75.4 Å². The fourth-order valence-corrected chi connectivity index (χ4v) is 4.28. The number of hydrogen-bond donors (Lipinski definition) is 3. The number of nitrogens with one attached hydrogen (secondary N) is 1. The number of anilines is 1. The van der Waals surface area contributed by atoms with E-state index in [9.17, 15) is 9.90 Å². The minimum atomic E-state index is -0.447. The zero-order chi connectivity index (χ0) is 14.3. The van der Waals surface area contributed by atoms with Gasteiger partial charge >= 0.3 is 0 Å². The number of nitrogens with two attached hydrogens (primary N) is 1. The van der Waals surface area contributed by atoms with Crippen molar-refractivity contribution in [1.29, 1.82) is 0 Å². The first kappa shape index (κ1) is 13.9. The molecule has 1 aromatic carbocycles. The van der Waals surface area contributed by atoms with Crippen molar-refractivity contribution in [2.24, 2.45) is 0 Å². The van der Waals surface area contributed by atoms with Crippen LogP contribution in [-0.2, 0) is 0 Å². The third-order valence-corrected chi connectivity index (χ3v) is 5.73. The van der Waals surface area contributed by atoms with E-state index in [1.54, 1.807) is 0 Å². The van der Waals surface area contributed by atoms with Crippen molar-refractivity contribution in [1.82, 2.24) is 5.32 Å². The number of thiophene rings is 1. The molecule has 1 saturated carbocycles. The molecule has 20 heavy (non-hydrogen) atoms. The number of amides is 1. The Balaban J connectivity index is 1.96. The van der Waals surface area contributed by atoms with Crippen molar-refractivity contribution in [3.8, 4) is 0 Å². The smallest absolute Gasteiger partial charge is 0.264 e. The average Bonchev–Trinajstić information content (AvgIpc) is 2.72. The van der Waals surface area contributed by atoms with Gasteiger partial charge in [0.2, 0.25) is 0 Å². The van der Waals surface area contributed by atoms with Gasteiger partial charge in [0.05, 0.1) is 17.8 Å². The predicted molar refractivity (Wildman–Crippen MR) is 85.1 cm³/mol. The van der Waals surface area contributed by atoms with Crippen LogP contribution in [0.1, 0.15) is 28.9 Å². The van der Waals surface area contributed by atoms with E-state index in [-0.39, 0.29) is 12.5 Å². The Morgan fingerprint density at radius 2 is 2.25 bits per heavy atom. The molecule has 1 aromatic heterocycles. The minimum Gasteiger partial charge on any atom is -0.397 e. The van der Waals surface area contributed by atoms with E-state index in [4.69, 9.17) is 5.73 Å². The van der Waals surface area contributed by atoms with Gasteiger partial charge in [-0.2, -0.15) is 0 Å². The van der Waals surface area contributed by atoms with Crippen molar-refractivity contribution in [3.05, 3.63) is 27.5 Å². The van der Waals surface area contributed by atoms with Crippen LogP contribution in [0, 0.1) is 0 Å². The van der Waals surface area contributed by atoms with Crippen LogP contribution >= 0.6 is 27.3 Å². The second kappa shape index (κ2) is 5.02. The zero-order valence-corrected chi connectivity index (χ0v) is 13.2. The lowest BCUT2D eigenvalue weighted by molar-refractivity contribution is 0.0646. The average molecular weight is 355 g/mol. The largest absolute Gasteiger partial charge is 0.397 e. The summed E-state index contributed by atoms with van der Waals surface area (Å²) >= 11 is 4.85. The van der Waals surface area contributed by atoms with Gasteiger partial charge in [0.15, 0.2) is 0 Å². The van der Waals surface area contributed by atoms with Gasteiger partial charge in [0, 0.05) is 14.6 Å². The minimum absolute atomic E-state index is 0.0206. The van der Waals surface area contributed by atoms with Gasteiger partial charge in [-0.3, -0.25) is 4.79 Å². The van der Waals surface area contributed by atoms with Crippen LogP contribution in [0.4, 0.5) is 5.69 Å². The molecule has 0 unspecified atom stereocenters. The van der Waals surface area contributed by atoms with Crippen molar-refractivity contribution in [3.63, 3.8) is 0 Å². The maximum atomic E-state index is 12.4. The summed E-state index contributed by atoms with van der Waals surface area (Å²) in [5.74, 6) is -0.190. The molecule has 0 saturated heterocycles. The first-order chi connectivity index (χ1) is 9.56. The summed E-state index contributed by atoms with van der Waals surface area (Å²) in [5.41, 5.74) is 6.17. The standard InChI is InChI=1S/C14H15BrN2O2S/c15-8-3-1-4-9-10(8)11(16)12(20-9)13(19)17-14(7-18)5-2-6-14/h1,3-4,18H,2,5-7,16H2,(H,17,19). The predicted octanol–water partition coefficient (Wildman–Crippen LogP) is 2.89. The van der Waals surface area contributed by atoms with Crippen LogP contribution in [0.5, 0.6) is 0 Å². The summed E-state index contributed by atoms with van der Waals surface area (Å²) in [6, 6.07) is 5.78. The molecule has 1 heterocycles. The Bertz CT molecular complexity index is 674. The van der Waals surface area contributed by atoms with Gasteiger partial charge in [-0.05, 0) is 31.4 Å². The van der Waals surface area contributed by atoms with Crippen LogP contribution in [-0.4, -0.2) is 23.2 Å². The molecule has 4 N–H and O–H groups in total. The van der Waals surface area contributed by atoms with Gasteiger partial charge < -0.3 is 16.2 Å². The molecule has 2 aromatic rings. The Morgan fingerprint density at radius 3 is 2.80 bits per heavy atom. The fourth-order valence-electron chi connectivity index (χ4n) is 2.52. The van der Waals surface area contributed by atoms with E-state index in [1.165, 1.54) is 11.3 Å². The summed E-state index contributed by atoms with van der Waals surface area (Å²) in [5, 5.41) is 13.3. The third kappa shape index (κ3) is 2.12. The molecule has 1 aliphatic carbocycles. The van der Waals surface area contributed by atoms with Crippen LogP contribution < -0.4 is 11.1 Å². The molecule has 1 amide bonds. The third-order valence-electron chi connectivity index (χ3n) is 3.90. The van der Waals surface area contributed by atoms with Crippen LogP contribution in [0.3, 0.4) is 0 Å². The maximum absolute atomic E-state index is 12.4. The fraction of sp³-hybridized carbons (Fsp3) is 0.357. The Kier molecular flexibility index (Phi) is 3.48. The number of rotatable bonds is 3. The van der Waals surface area contributed by atoms with Crippen LogP contribution in [0.2, 0.25) is 0 Å². The zero-order valence-electron chi connectivity index (χ0n) is 10.8. The molecule has 6 heteroatoms. The first-order valence-corrected chi connectivity index (χ1v) is 8.07. The SMILES string of the molecule is Nc1c(C(=O)NC2(CO)CCC2)sc2cccc(Br)c12. The molecule has 0 radical (unpaired) electrons. The Hall–Kier alpha value is -1.11. The van der Waals surface area contributed by atoms with Crippen LogP contribution in [0.15, 0.2) is 22.7 Å². The second-order valence-electron chi connectivity index (χ2n) is 5.20. The van der Waals surface area contributed by atoms with E-state index < -0.39 is 5.54 Å². The molecular weight excluding hydrogens is 340 g/mol. The monoisotopic (exact) mass is 354 g/mol. The van der Waals surface area contributed by atoms with Gasteiger partial charge in [-0.25, -0.2) is 0 Å². The molecule has 1 fully saturated rings. The number of carbonyl (C=O) groups excluding carboxylic acids is 1. The molecule has 0 bridgehead atoms. The summed E-state index contributed by atoms with van der Waals surface area (Å²) in [4.78, 5) is 12.9. The highest BCUT2D eigenvalue weighted by atomic mass is 79.9. The molecule has 4 nitrogen and oxygen atoms in total. The molecule has 0 spiro atoms. The molecule has 0 atom stereocenters. The number of nitrogen functional groups attached to an aromatic ring is 1. The van der Waals surface area contributed by atoms with Gasteiger partial charge in [0.1, 0.15) is 4.88 Å². The maximum Gasteiger partial charge on any atom is 0.264 e. The van der Waals surface area contributed by atoms with Crippen molar-refractivity contribution in [2.75, 3.05) is 12.3 Å². The first-order valence-electron chi connectivity index (χ1n) is 6.46. The summed E-state index contributed by atoms with van der Waals surface area (Å²) in [7, 11) is 0. The lowest BCUT2D eigenvalue weighted by atomic mass is 9.77. The summed E-state index contributed by atoms with van der Waals surface area (Å²) in [6.45, 7) is -0.0206. The van der Waals surface area contributed by atoms with E-state index in [1.807, 2.05) is 18.2 Å². The Morgan fingerprint density at radius 1 is 1.50 bits per heavy atom. The number of benzene rings is 1. The molecule has 0 aliphatic heterocycles. The van der Waals surface area contributed by atoms with Crippen molar-refractivity contribution >= 4 is 48.9 Å². The number of fused-ring (bicyclic) bond motifs is 1. The van der Waals surface area contributed by atoms with Crippen molar-refractivity contribution in [2.45, 2.75) is 24.8 Å². The van der Waals surface area contributed by atoms with Gasteiger partial charge in [-0.15, -0.1) is 11.3 Å². The van der Waals surface area contributed by atoms with E-state index in [0.717, 1.165) is 33.8 Å². The molecule has 106 valence electrons. The summed E-state index contributed by atoms with van der Waals surface area (Å²) < 4.78 is 1.87. The number of halogens is 1. The lowest BCUT2D eigenvalue weighted by Gasteiger charge is -2.40. The normalized spacial score (nSPS) is 16.9. The van der Waals surface area contributed by atoms with Gasteiger partial charge in [-0.1, -0.05) is 22.0 Å². The molecule has 3 rings (SSSR count). The highest BCUT2D eigenvalue weighted by molar-refractivity contribution is 9.10. The number of aliphatic hydroxyl groups excluding tert-OH is 1. The highest BCUT2D eigenvalue weighted by Crippen LogP contribution is 2.39. The highest BCUT2D eigenvalue weighted by Gasteiger charge is 2.38. The molecular formula is C14H15BrN2O2S. The second-order valence-corrected chi connectivity index (χ2v) is 7.11. The van der Waals surface area contributed by atoms with E-state index >= 15 is 0 Å². The van der Waals surface area contributed by atoms with Gasteiger partial charge in [0.25, 0.3) is 5.91 Å². The quantitative estimate of drug-likeness (QED) is 0.793. The Labute approximate surface area is 129 Å².